The molecule has 0 unspecified atom stereocenters. The maximum absolute atomic E-state index is 10.2. The fourth-order valence-corrected chi connectivity index (χ4v) is 0.633. The van der Waals surface area contributed by atoms with E-state index in [-0.39, 0.29) is 0 Å². The zero-order chi connectivity index (χ0) is 8.36. The Kier molecular flexibility index (Phi) is 2.71. The van der Waals surface area contributed by atoms with Crippen molar-refractivity contribution in [1.82, 2.24) is 5.09 Å². The summed E-state index contributed by atoms with van der Waals surface area (Å²) in [7, 11) is -4.60. The summed E-state index contributed by atoms with van der Waals surface area (Å²) in [6, 6.07) is 0. The predicted octanol–water partition coefficient (Wildman–Crippen LogP) is -1.22. The largest absolute Gasteiger partial charge is 0.430 e. The van der Waals surface area contributed by atoms with E-state index in [1.165, 1.54) is 5.09 Å². The molecule has 0 atom stereocenters. The first kappa shape index (κ1) is 9.29. The van der Waals surface area contributed by atoms with E-state index in [1.807, 2.05) is 0 Å². The standard InChI is InChI=1S/C3H6NO5P/c1-2(5)3(6)4-10(7,8)9/h1H3,(H3,4,6,7,8,9). The van der Waals surface area contributed by atoms with Crippen LogP contribution in [0.15, 0.2) is 0 Å². The average molecular weight is 167 g/mol. The molecule has 7 heteroatoms. The van der Waals surface area contributed by atoms with Crippen LogP contribution < -0.4 is 5.09 Å². The minimum Gasteiger partial charge on any atom is -0.308 e. The van der Waals surface area contributed by atoms with Gasteiger partial charge in [-0.05, 0) is 0 Å². The van der Waals surface area contributed by atoms with E-state index in [0.717, 1.165) is 6.92 Å². The molecule has 58 valence electrons. The predicted molar refractivity (Wildman–Crippen MR) is 30.9 cm³/mol. The molecule has 0 radical (unpaired) electrons. The molecule has 6 nitrogen and oxygen atoms in total. The lowest BCUT2D eigenvalue weighted by atomic mass is 10.4. The van der Waals surface area contributed by atoms with Crippen molar-refractivity contribution in [3.05, 3.63) is 0 Å². The highest BCUT2D eigenvalue weighted by Crippen LogP contribution is 2.27. The normalized spacial score (nSPS) is 10.7. The van der Waals surface area contributed by atoms with Crippen LogP contribution in [0.3, 0.4) is 0 Å². The van der Waals surface area contributed by atoms with Crippen LogP contribution in [-0.2, 0) is 14.2 Å². The molecule has 0 rings (SSSR count). The second-order valence-corrected chi connectivity index (χ2v) is 2.85. The number of carbonyl (C=O) groups excluding carboxylic acids is 2. The number of amides is 1. The van der Waals surface area contributed by atoms with Crippen LogP contribution >= 0.6 is 7.75 Å². The molecule has 10 heavy (non-hydrogen) atoms. The van der Waals surface area contributed by atoms with E-state index < -0.39 is 19.4 Å². The van der Waals surface area contributed by atoms with Gasteiger partial charge in [0.05, 0.1) is 0 Å². The Labute approximate surface area is 56.4 Å². The highest BCUT2D eigenvalue weighted by atomic mass is 31.2. The Morgan fingerprint density at radius 1 is 1.40 bits per heavy atom. The molecule has 0 heterocycles. The Morgan fingerprint density at radius 2 is 1.80 bits per heavy atom. The lowest BCUT2D eigenvalue weighted by Crippen LogP contribution is -2.26. The molecule has 3 N–H and O–H groups in total. The fraction of sp³-hybridized carbons (Fsp3) is 0.333. The van der Waals surface area contributed by atoms with Crippen molar-refractivity contribution in [2.75, 3.05) is 0 Å². The van der Waals surface area contributed by atoms with Gasteiger partial charge in [0.15, 0.2) is 0 Å². The zero-order valence-corrected chi connectivity index (χ0v) is 5.96. The number of Topliss-reactive ketones (excluding diaryl/α,β-unsaturated/α-hetero) is 1. The summed E-state index contributed by atoms with van der Waals surface area (Å²) in [6.07, 6.45) is 0. The number of nitrogens with one attached hydrogen (secondary N) is 1. The summed E-state index contributed by atoms with van der Waals surface area (Å²) in [5, 5.41) is 1.20. The van der Waals surface area contributed by atoms with Crippen molar-refractivity contribution in [2.45, 2.75) is 6.92 Å². The van der Waals surface area contributed by atoms with Gasteiger partial charge in [0, 0.05) is 6.92 Å². The smallest absolute Gasteiger partial charge is 0.308 e. The van der Waals surface area contributed by atoms with Crippen LogP contribution in [0.5, 0.6) is 0 Å². The van der Waals surface area contributed by atoms with Crippen molar-refractivity contribution in [3.8, 4) is 0 Å². The summed E-state index contributed by atoms with van der Waals surface area (Å²) in [5.41, 5.74) is 0. The summed E-state index contributed by atoms with van der Waals surface area (Å²) in [4.78, 5) is 36.4. The van der Waals surface area contributed by atoms with E-state index in [4.69, 9.17) is 9.79 Å². The maximum Gasteiger partial charge on any atom is 0.430 e. The third-order valence-electron chi connectivity index (χ3n) is 0.567. The monoisotopic (exact) mass is 167 g/mol. The molecule has 0 aliphatic heterocycles. The van der Waals surface area contributed by atoms with Gasteiger partial charge < -0.3 is 9.79 Å². The average Bonchev–Trinajstić information content (AvgIpc) is 1.60. The van der Waals surface area contributed by atoms with Gasteiger partial charge in [-0.3, -0.25) is 14.7 Å². The number of hydrogen-bond donors (Lipinski definition) is 3. The zero-order valence-electron chi connectivity index (χ0n) is 5.07. The first-order valence-electron chi connectivity index (χ1n) is 2.21. The molecule has 0 aliphatic carbocycles. The molecule has 0 fully saturated rings. The first-order valence-corrected chi connectivity index (χ1v) is 3.83. The minimum absolute atomic E-state index is 0.908. The van der Waals surface area contributed by atoms with Gasteiger partial charge in [-0.1, -0.05) is 0 Å². The first-order chi connectivity index (χ1) is 4.33. The molecule has 0 bridgehead atoms. The molecule has 0 aliphatic rings. The second kappa shape index (κ2) is 2.92. The summed E-state index contributed by atoms with van der Waals surface area (Å²) < 4.78 is 9.96. The van der Waals surface area contributed by atoms with Crippen LogP contribution in [0.1, 0.15) is 6.92 Å². The van der Waals surface area contributed by atoms with Crippen LogP contribution in [0.25, 0.3) is 0 Å². The number of hydrogen-bond acceptors (Lipinski definition) is 3. The van der Waals surface area contributed by atoms with Gasteiger partial charge >= 0.3 is 7.75 Å². The highest BCUT2D eigenvalue weighted by molar-refractivity contribution is 7.50. The Morgan fingerprint density at radius 3 is 1.90 bits per heavy atom. The molecule has 0 saturated heterocycles. The van der Waals surface area contributed by atoms with E-state index in [0.29, 0.717) is 0 Å². The molecule has 0 aromatic carbocycles. The van der Waals surface area contributed by atoms with E-state index >= 15 is 0 Å². The topological polar surface area (TPSA) is 104 Å². The van der Waals surface area contributed by atoms with Crippen molar-refractivity contribution < 1.29 is 23.9 Å². The molecule has 0 aromatic heterocycles. The number of carbonyl (C=O) groups is 2. The van der Waals surface area contributed by atoms with Gasteiger partial charge in [0.25, 0.3) is 5.91 Å². The molecular weight excluding hydrogens is 161 g/mol. The van der Waals surface area contributed by atoms with Crippen molar-refractivity contribution >= 4 is 19.4 Å². The third kappa shape index (κ3) is 4.20. The van der Waals surface area contributed by atoms with Gasteiger partial charge in [-0.25, -0.2) is 4.57 Å². The molecule has 0 saturated carbocycles. The van der Waals surface area contributed by atoms with Crippen LogP contribution in [0.2, 0.25) is 0 Å². The molecule has 0 spiro atoms. The summed E-state index contributed by atoms with van der Waals surface area (Å²) >= 11 is 0. The fourth-order valence-electron chi connectivity index (χ4n) is 0.211. The maximum atomic E-state index is 10.2. The van der Waals surface area contributed by atoms with Gasteiger partial charge in [-0.15, -0.1) is 0 Å². The van der Waals surface area contributed by atoms with E-state index in [9.17, 15) is 14.2 Å². The Hall–Kier alpha value is -0.710. The lowest BCUT2D eigenvalue weighted by Gasteiger charge is -2.01. The highest BCUT2D eigenvalue weighted by Gasteiger charge is 2.19. The van der Waals surface area contributed by atoms with Gasteiger partial charge in [-0.2, -0.15) is 0 Å². The Bertz CT molecular complexity index is 205. The third-order valence-corrected chi connectivity index (χ3v) is 1.06. The van der Waals surface area contributed by atoms with E-state index in [2.05, 4.69) is 0 Å². The van der Waals surface area contributed by atoms with Gasteiger partial charge in [0.1, 0.15) is 0 Å². The summed E-state index contributed by atoms with van der Waals surface area (Å²) in [5.74, 6) is -2.23. The van der Waals surface area contributed by atoms with Gasteiger partial charge in [0.2, 0.25) is 5.78 Å². The summed E-state index contributed by atoms with van der Waals surface area (Å²) in [6.45, 7) is 0.908. The van der Waals surface area contributed by atoms with E-state index in [1.54, 1.807) is 0 Å². The Balaban J connectivity index is 4.07. The van der Waals surface area contributed by atoms with Crippen molar-refractivity contribution in [2.24, 2.45) is 0 Å². The number of ketones is 1. The van der Waals surface area contributed by atoms with Crippen molar-refractivity contribution in [1.29, 1.82) is 0 Å². The van der Waals surface area contributed by atoms with Crippen LogP contribution in [-0.4, -0.2) is 21.5 Å². The molecule has 1 amide bonds. The SMILES string of the molecule is CC(=O)C(=O)NP(=O)(O)O. The van der Waals surface area contributed by atoms with Crippen molar-refractivity contribution in [3.63, 3.8) is 0 Å². The van der Waals surface area contributed by atoms with Crippen LogP contribution in [0.4, 0.5) is 0 Å². The quantitative estimate of drug-likeness (QED) is 0.353. The van der Waals surface area contributed by atoms with Crippen LogP contribution in [0, 0.1) is 0 Å². The molecular formula is C3H6NO5P. The number of rotatable bonds is 2. The second-order valence-electron chi connectivity index (χ2n) is 1.54. The molecule has 0 aromatic rings. The minimum atomic E-state index is -4.60. The lowest BCUT2D eigenvalue weighted by molar-refractivity contribution is -0.135.